The Kier molecular flexibility index (Phi) is 5.27. The molecule has 8 nitrogen and oxygen atoms in total. The van der Waals surface area contributed by atoms with Crippen LogP contribution in [0.25, 0.3) is 6.08 Å². The summed E-state index contributed by atoms with van der Waals surface area (Å²) in [5.74, 6) is 0.638. The molecule has 146 valence electrons. The van der Waals surface area contributed by atoms with Crippen molar-refractivity contribution in [2.45, 2.75) is 6.54 Å². The number of carbonyl (C=O) groups excluding carboxylic acids is 1. The van der Waals surface area contributed by atoms with Gasteiger partial charge < -0.3 is 14.4 Å². The molecule has 28 heavy (non-hydrogen) atoms. The van der Waals surface area contributed by atoms with Gasteiger partial charge in [-0.1, -0.05) is 0 Å². The highest BCUT2D eigenvalue weighted by atomic mass is 32.1. The Morgan fingerprint density at radius 1 is 1.21 bits per heavy atom. The van der Waals surface area contributed by atoms with Crippen molar-refractivity contribution < 1.29 is 19.2 Å². The van der Waals surface area contributed by atoms with Crippen molar-refractivity contribution in [1.82, 2.24) is 9.80 Å². The number of piperazine rings is 1. The number of carbonyl (C=O) groups is 1. The normalized spacial score (nSPS) is 16.6. The highest BCUT2D eigenvalue weighted by Crippen LogP contribution is 2.38. The Balaban J connectivity index is 1.39. The molecule has 0 aliphatic carbocycles. The van der Waals surface area contributed by atoms with Crippen LogP contribution in [-0.4, -0.2) is 53.6 Å². The minimum Gasteiger partial charge on any atom is -0.454 e. The largest absolute Gasteiger partial charge is 0.454 e. The summed E-state index contributed by atoms with van der Waals surface area (Å²) in [6.07, 6.45) is 2.86. The smallest absolute Gasteiger partial charge is 0.280 e. The molecule has 4 rings (SSSR count). The fourth-order valence-electron chi connectivity index (χ4n) is 3.27. The second-order valence-electron chi connectivity index (χ2n) is 6.59. The predicted molar refractivity (Wildman–Crippen MR) is 104 cm³/mol. The van der Waals surface area contributed by atoms with Crippen molar-refractivity contribution in [3.8, 4) is 11.5 Å². The first kappa shape index (κ1) is 18.5. The molecular weight excluding hydrogens is 382 g/mol. The zero-order valence-corrected chi connectivity index (χ0v) is 15.9. The molecule has 9 heteroatoms. The third-order valence-corrected chi connectivity index (χ3v) is 5.53. The number of hydrogen-bond donors (Lipinski definition) is 0. The molecule has 0 spiro atoms. The van der Waals surface area contributed by atoms with Gasteiger partial charge in [-0.05, 0) is 34.5 Å². The molecule has 0 N–H and O–H groups in total. The van der Waals surface area contributed by atoms with E-state index in [9.17, 15) is 14.9 Å². The first-order valence-corrected chi connectivity index (χ1v) is 9.83. The molecule has 0 atom stereocenters. The zero-order chi connectivity index (χ0) is 19.5. The lowest BCUT2D eigenvalue weighted by molar-refractivity contribution is -0.385. The van der Waals surface area contributed by atoms with E-state index in [1.165, 1.54) is 29.8 Å². The van der Waals surface area contributed by atoms with E-state index in [-0.39, 0.29) is 18.4 Å². The molecule has 2 aliphatic heterocycles. The number of fused-ring (bicyclic) bond motifs is 1. The second kappa shape index (κ2) is 7.99. The molecule has 3 heterocycles. The van der Waals surface area contributed by atoms with Crippen molar-refractivity contribution in [2.24, 2.45) is 0 Å². The molecule has 1 saturated heterocycles. The number of benzene rings is 1. The summed E-state index contributed by atoms with van der Waals surface area (Å²) < 4.78 is 10.5. The molecular formula is C19H19N3O5S. The Hall–Kier alpha value is -2.91. The topological polar surface area (TPSA) is 85.1 Å². The first-order chi connectivity index (χ1) is 13.6. The maximum absolute atomic E-state index is 12.5. The second-order valence-corrected chi connectivity index (χ2v) is 7.37. The summed E-state index contributed by atoms with van der Waals surface area (Å²) in [5, 5.41) is 15.5. The van der Waals surface area contributed by atoms with E-state index < -0.39 is 4.92 Å². The van der Waals surface area contributed by atoms with Crippen molar-refractivity contribution in [2.75, 3.05) is 33.0 Å². The van der Waals surface area contributed by atoms with Gasteiger partial charge in [-0.3, -0.25) is 19.8 Å². The van der Waals surface area contributed by atoms with E-state index in [4.69, 9.17) is 9.47 Å². The number of rotatable bonds is 5. The van der Waals surface area contributed by atoms with Crippen LogP contribution in [0.3, 0.4) is 0 Å². The summed E-state index contributed by atoms with van der Waals surface area (Å²) in [6, 6.07) is 4.97. The van der Waals surface area contributed by atoms with Crippen LogP contribution >= 0.6 is 11.3 Å². The number of hydrogen-bond acceptors (Lipinski definition) is 7. The molecule has 0 unspecified atom stereocenters. The number of nitrogens with zero attached hydrogens (tertiary/aromatic N) is 3. The Bertz CT molecular complexity index is 905. The monoisotopic (exact) mass is 401 g/mol. The van der Waals surface area contributed by atoms with Gasteiger partial charge in [-0.15, -0.1) is 0 Å². The van der Waals surface area contributed by atoms with Crippen LogP contribution in [0.1, 0.15) is 11.1 Å². The molecule has 2 aromatic rings. The average molecular weight is 401 g/mol. The SMILES string of the molecule is O=C(/C=C/c1cc2c(cc1[N+](=O)[O-])OCO2)N1CCN(Cc2ccsc2)CC1. The molecule has 0 bridgehead atoms. The Morgan fingerprint density at radius 3 is 2.64 bits per heavy atom. The molecule has 1 amide bonds. The van der Waals surface area contributed by atoms with Crippen molar-refractivity contribution in [3.63, 3.8) is 0 Å². The summed E-state index contributed by atoms with van der Waals surface area (Å²) in [6.45, 7) is 3.81. The van der Waals surface area contributed by atoms with E-state index in [0.29, 0.717) is 30.2 Å². The molecule has 1 aromatic carbocycles. The van der Waals surface area contributed by atoms with Crippen LogP contribution in [0.15, 0.2) is 35.0 Å². The maximum Gasteiger partial charge on any atom is 0.280 e. The lowest BCUT2D eigenvalue weighted by Gasteiger charge is -2.34. The van der Waals surface area contributed by atoms with E-state index in [1.54, 1.807) is 16.2 Å². The summed E-state index contributed by atoms with van der Waals surface area (Å²) >= 11 is 1.68. The summed E-state index contributed by atoms with van der Waals surface area (Å²) in [5.41, 5.74) is 1.49. The minimum atomic E-state index is -0.491. The van der Waals surface area contributed by atoms with Crippen LogP contribution in [0.2, 0.25) is 0 Å². The number of nitro groups is 1. The minimum absolute atomic E-state index is 0.0360. The van der Waals surface area contributed by atoms with Gasteiger partial charge in [0.1, 0.15) is 0 Å². The molecule has 1 aromatic heterocycles. The number of thiophene rings is 1. The molecule has 1 fully saturated rings. The predicted octanol–water partition coefficient (Wildman–Crippen LogP) is 2.74. The van der Waals surface area contributed by atoms with Gasteiger partial charge in [0, 0.05) is 38.8 Å². The van der Waals surface area contributed by atoms with Crippen LogP contribution in [-0.2, 0) is 11.3 Å². The average Bonchev–Trinajstić information content (AvgIpc) is 3.37. The lowest BCUT2D eigenvalue weighted by atomic mass is 10.1. The van der Waals surface area contributed by atoms with Crippen LogP contribution in [0, 0.1) is 10.1 Å². The summed E-state index contributed by atoms with van der Waals surface area (Å²) in [4.78, 5) is 27.4. The van der Waals surface area contributed by atoms with Crippen molar-refractivity contribution in [3.05, 3.63) is 56.3 Å². The number of ether oxygens (including phenoxy) is 2. The molecule has 0 saturated carbocycles. The van der Waals surface area contributed by atoms with Crippen LogP contribution < -0.4 is 9.47 Å². The van der Waals surface area contributed by atoms with Gasteiger partial charge in [0.15, 0.2) is 11.5 Å². The van der Waals surface area contributed by atoms with Crippen molar-refractivity contribution >= 4 is 29.0 Å². The molecule has 2 aliphatic rings. The fraction of sp³-hybridized carbons (Fsp3) is 0.316. The highest BCUT2D eigenvalue weighted by molar-refractivity contribution is 7.07. The van der Waals surface area contributed by atoms with Gasteiger partial charge >= 0.3 is 0 Å². The Morgan fingerprint density at radius 2 is 1.96 bits per heavy atom. The van der Waals surface area contributed by atoms with Crippen molar-refractivity contribution in [1.29, 1.82) is 0 Å². The summed E-state index contributed by atoms with van der Waals surface area (Å²) in [7, 11) is 0. The quantitative estimate of drug-likeness (QED) is 0.435. The van der Waals surface area contributed by atoms with E-state index >= 15 is 0 Å². The fourth-order valence-corrected chi connectivity index (χ4v) is 3.93. The van der Waals surface area contributed by atoms with E-state index in [1.807, 2.05) is 0 Å². The number of nitro benzene ring substituents is 1. The van der Waals surface area contributed by atoms with Gasteiger partial charge in [0.2, 0.25) is 12.7 Å². The van der Waals surface area contributed by atoms with Gasteiger partial charge in [0.05, 0.1) is 16.6 Å². The zero-order valence-electron chi connectivity index (χ0n) is 15.1. The maximum atomic E-state index is 12.5. The highest BCUT2D eigenvalue weighted by Gasteiger charge is 2.23. The first-order valence-electron chi connectivity index (χ1n) is 8.88. The lowest BCUT2D eigenvalue weighted by Crippen LogP contribution is -2.47. The van der Waals surface area contributed by atoms with E-state index in [2.05, 4.69) is 21.7 Å². The Labute approximate surface area is 165 Å². The standard InChI is InChI=1S/C19H19N3O5S/c23-19(21-6-4-20(5-7-21)11-14-3-8-28-12-14)2-1-15-9-17-18(27-13-26-17)10-16(15)22(24)25/h1-3,8-10,12H,4-7,11,13H2/b2-1+. The molecule has 0 radical (unpaired) electrons. The van der Waals surface area contributed by atoms with Gasteiger partial charge in [-0.25, -0.2) is 0 Å². The third kappa shape index (κ3) is 4.00. The third-order valence-electron chi connectivity index (χ3n) is 4.79. The number of amides is 1. The van der Waals surface area contributed by atoms with Gasteiger partial charge in [-0.2, -0.15) is 11.3 Å². The van der Waals surface area contributed by atoms with E-state index in [0.717, 1.165) is 19.6 Å². The van der Waals surface area contributed by atoms with Crippen LogP contribution in [0.4, 0.5) is 5.69 Å². The van der Waals surface area contributed by atoms with Crippen LogP contribution in [0.5, 0.6) is 11.5 Å². The van der Waals surface area contributed by atoms with Gasteiger partial charge in [0.25, 0.3) is 5.69 Å².